The maximum atomic E-state index is 12.7. The zero-order chi connectivity index (χ0) is 14.7. The van der Waals surface area contributed by atoms with Crippen LogP contribution >= 0.6 is 11.8 Å². The SMILES string of the molecule is COc1ccc(C2SCCN2C(=O)C2CCOCC2)cc1. The Morgan fingerprint density at radius 2 is 2.00 bits per heavy atom. The van der Waals surface area contributed by atoms with Crippen LogP contribution < -0.4 is 4.74 Å². The summed E-state index contributed by atoms with van der Waals surface area (Å²) in [6.07, 6.45) is 1.71. The van der Waals surface area contributed by atoms with Crippen molar-refractivity contribution in [2.75, 3.05) is 32.6 Å². The van der Waals surface area contributed by atoms with Crippen LogP contribution in [0.5, 0.6) is 5.75 Å². The lowest BCUT2D eigenvalue weighted by atomic mass is 9.98. The van der Waals surface area contributed by atoms with Crippen molar-refractivity contribution < 1.29 is 14.3 Å². The number of nitrogens with zero attached hydrogens (tertiary/aromatic N) is 1. The van der Waals surface area contributed by atoms with E-state index < -0.39 is 0 Å². The Morgan fingerprint density at radius 3 is 2.67 bits per heavy atom. The Bertz CT molecular complexity index is 485. The van der Waals surface area contributed by atoms with Crippen molar-refractivity contribution in [2.45, 2.75) is 18.2 Å². The van der Waals surface area contributed by atoms with Crippen LogP contribution in [-0.4, -0.2) is 43.4 Å². The third-order valence-corrected chi connectivity index (χ3v) is 5.41. The van der Waals surface area contributed by atoms with E-state index in [0.717, 1.165) is 30.9 Å². The number of hydrogen-bond donors (Lipinski definition) is 0. The van der Waals surface area contributed by atoms with Crippen molar-refractivity contribution in [1.82, 2.24) is 4.90 Å². The molecule has 0 spiro atoms. The first-order valence-electron chi connectivity index (χ1n) is 7.43. The van der Waals surface area contributed by atoms with Gasteiger partial charge >= 0.3 is 0 Å². The quantitative estimate of drug-likeness (QED) is 0.860. The number of methoxy groups -OCH3 is 1. The molecule has 114 valence electrons. The molecule has 0 N–H and O–H groups in total. The van der Waals surface area contributed by atoms with Gasteiger partial charge in [-0.1, -0.05) is 12.1 Å². The van der Waals surface area contributed by atoms with Gasteiger partial charge in [0.25, 0.3) is 0 Å². The van der Waals surface area contributed by atoms with E-state index in [4.69, 9.17) is 9.47 Å². The Morgan fingerprint density at radius 1 is 1.29 bits per heavy atom. The van der Waals surface area contributed by atoms with Gasteiger partial charge in [0.15, 0.2) is 0 Å². The molecule has 4 nitrogen and oxygen atoms in total. The molecular weight excluding hydrogens is 286 g/mol. The fraction of sp³-hybridized carbons (Fsp3) is 0.562. The third-order valence-electron chi connectivity index (χ3n) is 4.15. The highest BCUT2D eigenvalue weighted by atomic mass is 32.2. The van der Waals surface area contributed by atoms with Crippen molar-refractivity contribution in [3.05, 3.63) is 29.8 Å². The molecule has 2 aliphatic heterocycles. The van der Waals surface area contributed by atoms with Crippen molar-refractivity contribution in [3.63, 3.8) is 0 Å². The highest BCUT2D eigenvalue weighted by Gasteiger charge is 2.35. The molecule has 1 unspecified atom stereocenters. The van der Waals surface area contributed by atoms with Gasteiger partial charge in [-0.2, -0.15) is 0 Å². The highest BCUT2D eigenvalue weighted by molar-refractivity contribution is 7.99. The van der Waals surface area contributed by atoms with Crippen LogP contribution in [-0.2, 0) is 9.53 Å². The highest BCUT2D eigenvalue weighted by Crippen LogP contribution is 2.39. The molecule has 1 aromatic rings. The number of ether oxygens (including phenoxy) is 2. The molecule has 2 heterocycles. The Kier molecular flexibility index (Phi) is 4.70. The summed E-state index contributed by atoms with van der Waals surface area (Å²) in [6.45, 7) is 2.27. The van der Waals surface area contributed by atoms with Crippen LogP contribution in [0, 0.1) is 5.92 Å². The van der Waals surface area contributed by atoms with E-state index in [0.29, 0.717) is 19.1 Å². The predicted octanol–water partition coefficient (Wildman–Crippen LogP) is 2.70. The van der Waals surface area contributed by atoms with Gasteiger partial charge < -0.3 is 14.4 Å². The van der Waals surface area contributed by atoms with E-state index in [1.54, 1.807) is 7.11 Å². The molecule has 2 saturated heterocycles. The summed E-state index contributed by atoms with van der Waals surface area (Å²) in [7, 11) is 1.67. The van der Waals surface area contributed by atoms with Crippen LogP contribution in [0.4, 0.5) is 0 Å². The van der Waals surface area contributed by atoms with Crippen molar-refractivity contribution in [3.8, 4) is 5.75 Å². The van der Waals surface area contributed by atoms with Crippen LogP contribution in [0.3, 0.4) is 0 Å². The normalized spacial score (nSPS) is 23.3. The first-order valence-corrected chi connectivity index (χ1v) is 8.48. The summed E-state index contributed by atoms with van der Waals surface area (Å²) in [4.78, 5) is 14.8. The van der Waals surface area contributed by atoms with Gasteiger partial charge in [-0.3, -0.25) is 4.79 Å². The number of benzene rings is 1. The van der Waals surface area contributed by atoms with Gasteiger partial charge in [0.2, 0.25) is 5.91 Å². The lowest BCUT2D eigenvalue weighted by molar-refractivity contribution is -0.138. The van der Waals surface area contributed by atoms with Gasteiger partial charge in [0, 0.05) is 31.4 Å². The van der Waals surface area contributed by atoms with Crippen molar-refractivity contribution >= 4 is 17.7 Å². The fourth-order valence-corrected chi connectivity index (χ4v) is 4.18. The number of amides is 1. The summed E-state index contributed by atoms with van der Waals surface area (Å²) in [5.41, 5.74) is 1.18. The molecule has 1 atom stereocenters. The van der Waals surface area contributed by atoms with E-state index >= 15 is 0 Å². The molecule has 3 rings (SSSR count). The lowest BCUT2D eigenvalue weighted by Gasteiger charge is -2.30. The first kappa shape index (κ1) is 14.7. The first-order chi connectivity index (χ1) is 10.3. The number of carbonyl (C=O) groups excluding carboxylic acids is 1. The molecule has 0 radical (unpaired) electrons. The zero-order valence-corrected chi connectivity index (χ0v) is 13.1. The number of carbonyl (C=O) groups is 1. The maximum absolute atomic E-state index is 12.7. The van der Waals surface area contributed by atoms with Gasteiger partial charge in [-0.05, 0) is 30.5 Å². The summed E-state index contributed by atoms with van der Waals surface area (Å²) in [5.74, 6) is 2.29. The standard InChI is InChI=1S/C16H21NO3S/c1-19-14-4-2-13(3-5-14)16-17(8-11-21-16)15(18)12-6-9-20-10-7-12/h2-5,12,16H,6-11H2,1H3. The third kappa shape index (κ3) is 3.19. The molecule has 1 aromatic carbocycles. The minimum Gasteiger partial charge on any atom is -0.497 e. The van der Waals surface area contributed by atoms with E-state index in [2.05, 4.69) is 12.1 Å². The average Bonchev–Trinajstić information content (AvgIpc) is 3.04. The summed E-state index contributed by atoms with van der Waals surface area (Å²) in [6, 6.07) is 8.05. The van der Waals surface area contributed by atoms with Gasteiger partial charge in [0.1, 0.15) is 11.1 Å². The Balaban J connectivity index is 1.73. The van der Waals surface area contributed by atoms with Crippen LogP contribution in [0.25, 0.3) is 0 Å². The second kappa shape index (κ2) is 6.71. The molecule has 2 aliphatic rings. The van der Waals surface area contributed by atoms with Gasteiger partial charge in [-0.25, -0.2) is 0 Å². The molecular formula is C16H21NO3S. The average molecular weight is 307 g/mol. The molecule has 0 aromatic heterocycles. The van der Waals surface area contributed by atoms with Crippen LogP contribution in [0.15, 0.2) is 24.3 Å². The van der Waals surface area contributed by atoms with Crippen molar-refractivity contribution in [2.24, 2.45) is 5.92 Å². The molecule has 5 heteroatoms. The van der Waals surface area contributed by atoms with Crippen molar-refractivity contribution in [1.29, 1.82) is 0 Å². The van der Waals surface area contributed by atoms with E-state index in [1.165, 1.54) is 5.56 Å². The second-order valence-corrected chi connectivity index (χ2v) is 6.60. The second-order valence-electron chi connectivity index (χ2n) is 5.41. The summed E-state index contributed by atoms with van der Waals surface area (Å²) in [5, 5.41) is 0.145. The molecule has 0 bridgehead atoms. The topological polar surface area (TPSA) is 38.8 Å². The molecule has 0 aliphatic carbocycles. The number of rotatable bonds is 3. The van der Waals surface area contributed by atoms with E-state index in [1.807, 2.05) is 28.8 Å². The summed E-state index contributed by atoms with van der Waals surface area (Å²) < 4.78 is 10.6. The molecule has 2 fully saturated rings. The monoisotopic (exact) mass is 307 g/mol. The van der Waals surface area contributed by atoms with Crippen LogP contribution in [0.1, 0.15) is 23.8 Å². The maximum Gasteiger partial charge on any atom is 0.227 e. The largest absolute Gasteiger partial charge is 0.497 e. The lowest BCUT2D eigenvalue weighted by Crippen LogP contribution is -2.38. The van der Waals surface area contributed by atoms with E-state index in [9.17, 15) is 4.79 Å². The minimum absolute atomic E-state index is 0.137. The zero-order valence-electron chi connectivity index (χ0n) is 12.3. The minimum atomic E-state index is 0.137. The van der Waals surface area contributed by atoms with Gasteiger partial charge in [0.05, 0.1) is 7.11 Å². The number of hydrogen-bond acceptors (Lipinski definition) is 4. The van der Waals surface area contributed by atoms with Crippen LogP contribution in [0.2, 0.25) is 0 Å². The smallest absolute Gasteiger partial charge is 0.227 e. The Hall–Kier alpha value is -1.20. The predicted molar refractivity (Wildman–Crippen MR) is 83.4 cm³/mol. The Labute approximate surface area is 129 Å². The summed E-state index contributed by atoms with van der Waals surface area (Å²) >= 11 is 1.84. The molecule has 0 saturated carbocycles. The van der Waals surface area contributed by atoms with E-state index in [-0.39, 0.29) is 11.3 Å². The molecule has 21 heavy (non-hydrogen) atoms. The number of thioether (sulfide) groups is 1. The van der Waals surface area contributed by atoms with Gasteiger partial charge in [-0.15, -0.1) is 11.8 Å². The molecule has 1 amide bonds. The fourth-order valence-electron chi connectivity index (χ4n) is 2.92.